The maximum absolute atomic E-state index is 12.4. The third-order valence-corrected chi connectivity index (χ3v) is 6.18. The second kappa shape index (κ2) is 17.5. The summed E-state index contributed by atoms with van der Waals surface area (Å²) in [5.41, 5.74) is 0.661. The van der Waals surface area contributed by atoms with Crippen LogP contribution in [0.4, 0.5) is 0 Å². The molecule has 1 aromatic rings. The van der Waals surface area contributed by atoms with E-state index in [1.54, 1.807) is 0 Å². The highest BCUT2D eigenvalue weighted by Crippen LogP contribution is 2.25. The van der Waals surface area contributed by atoms with Crippen molar-refractivity contribution in [2.45, 2.75) is 111 Å². The van der Waals surface area contributed by atoms with Gasteiger partial charge in [-0.15, -0.1) is 0 Å². The van der Waals surface area contributed by atoms with E-state index in [9.17, 15) is 4.79 Å². The molecule has 0 bridgehead atoms. The molecule has 0 amide bonds. The van der Waals surface area contributed by atoms with E-state index in [0.717, 1.165) is 0 Å². The summed E-state index contributed by atoms with van der Waals surface area (Å²) in [5.74, 6) is 0.939. The predicted octanol–water partition coefficient (Wildman–Crippen LogP) is 8.60. The van der Waals surface area contributed by atoms with E-state index < -0.39 is 0 Å². The van der Waals surface area contributed by atoms with E-state index in [0.29, 0.717) is 24.0 Å². The first-order valence-electron chi connectivity index (χ1n) is 12.4. The number of hydrogen-bond donors (Lipinski definition) is 0. The van der Waals surface area contributed by atoms with Crippen molar-refractivity contribution in [3.05, 3.63) is 35.9 Å². The molecule has 2 heteroatoms. The average molecular weight is 403 g/mol. The van der Waals surface area contributed by atoms with Gasteiger partial charge in [0, 0.05) is 0 Å². The molecule has 2 atom stereocenters. The SMILES string of the molecule is CCCCCCCCCCC(COC(=O)c1ccccc1)C(C)CCCCCC. The van der Waals surface area contributed by atoms with E-state index >= 15 is 0 Å². The molecule has 0 aromatic heterocycles. The topological polar surface area (TPSA) is 26.3 Å². The molecule has 0 heterocycles. The van der Waals surface area contributed by atoms with Gasteiger partial charge in [-0.25, -0.2) is 4.79 Å². The molecule has 1 aromatic carbocycles. The molecule has 0 saturated heterocycles. The normalized spacial score (nSPS) is 13.2. The van der Waals surface area contributed by atoms with E-state index in [1.165, 1.54) is 89.9 Å². The van der Waals surface area contributed by atoms with Crippen LogP contribution in [0.25, 0.3) is 0 Å². The van der Waals surface area contributed by atoms with Crippen LogP contribution in [-0.2, 0) is 4.74 Å². The number of carbonyl (C=O) groups excluding carboxylic acids is 1. The van der Waals surface area contributed by atoms with E-state index in [1.807, 2.05) is 30.3 Å². The quantitative estimate of drug-likeness (QED) is 0.181. The molecule has 166 valence electrons. The van der Waals surface area contributed by atoms with Gasteiger partial charge in [0.2, 0.25) is 0 Å². The molecule has 0 spiro atoms. The van der Waals surface area contributed by atoms with Crippen LogP contribution in [-0.4, -0.2) is 12.6 Å². The number of esters is 1. The fourth-order valence-electron chi connectivity index (χ4n) is 4.04. The van der Waals surface area contributed by atoms with E-state index in [4.69, 9.17) is 4.74 Å². The first-order valence-corrected chi connectivity index (χ1v) is 12.4. The van der Waals surface area contributed by atoms with E-state index in [2.05, 4.69) is 20.8 Å². The lowest BCUT2D eigenvalue weighted by Crippen LogP contribution is -2.21. The smallest absolute Gasteiger partial charge is 0.338 e. The standard InChI is InChI=1S/C27H46O2/c1-4-6-8-10-11-12-13-16-22-26(24(3)19-15-9-7-5-2)23-29-27(28)25-20-17-14-18-21-25/h14,17-18,20-21,24,26H,4-13,15-16,19,22-23H2,1-3H3. The number of benzene rings is 1. The van der Waals surface area contributed by atoms with Crippen molar-refractivity contribution in [1.29, 1.82) is 0 Å². The van der Waals surface area contributed by atoms with Gasteiger partial charge < -0.3 is 4.74 Å². The summed E-state index contributed by atoms with van der Waals surface area (Å²) in [7, 11) is 0. The molecule has 2 unspecified atom stereocenters. The third-order valence-electron chi connectivity index (χ3n) is 6.18. The van der Waals surface area contributed by atoms with Crippen molar-refractivity contribution in [3.8, 4) is 0 Å². The Hall–Kier alpha value is -1.31. The van der Waals surface area contributed by atoms with Crippen LogP contribution in [0.5, 0.6) is 0 Å². The number of carbonyl (C=O) groups is 1. The van der Waals surface area contributed by atoms with Crippen LogP contribution in [0.1, 0.15) is 121 Å². The van der Waals surface area contributed by atoms with Crippen molar-refractivity contribution in [1.82, 2.24) is 0 Å². The zero-order valence-electron chi connectivity index (χ0n) is 19.5. The predicted molar refractivity (Wildman–Crippen MR) is 125 cm³/mol. The molecule has 0 fully saturated rings. The Morgan fingerprint density at radius 1 is 0.759 bits per heavy atom. The lowest BCUT2D eigenvalue weighted by molar-refractivity contribution is 0.0379. The molecule has 0 aliphatic carbocycles. The highest BCUT2D eigenvalue weighted by atomic mass is 16.5. The summed E-state index contributed by atoms with van der Waals surface area (Å²) < 4.78 is 5.72. The number of rotatable bonds is 18. The van der Waals surface area contributed by atoms with Gasteiger partial charge >= 0.3 is 5.97 Å². The maximum Gasteiger partial charge on any atom is 0.338 e. The first-order chi connectivity index (χ1) is 14.2. The monoisotopic (exact) mass is 402 g/mol. The van der Waals surface area contributed by atoms with Crippen molar-refractivity contribution in [3.63, 3.8) is 0 Å². The Labute approximate surface area is 180 Å². The van der Waals surface area contributed by atoms with Crippen LogP contribution < -0.4 is 0 Å². The molecular weight excluding hydrogens is 356 g/mol. The number of unbranched alkanes of at least 4 members (excludes halogenated alkanes) is 10. The highest BCUT2D eigenvalue weighted by molar-refractivity contribution is 5.89. The summed E-state index contributed by atoms with van der Waals surface area (Å²) >= 11 is 0. The zero-order valence-corrected chi connectivity index (χ0v) is 19.5. The Bertz CT molecular complexity index is 497. The zero-order chi connectivity index (χ0) is 21.2. The van der Waals surface area contributed by atoms with Gasteiger partial charge in [-0.3, -0.25) is 0 Å². The van der Waals surface area contributed by atoms with E-state index in [-0.39, 0.29) is 5.97 Å². The summed E-state index contributed by atoms with van der Waals surface area (Å²) in [6.07, 6.45) is 18.5. The fraction of sp³-hybridized carbons (Fsp3) is 0.741. The van der Waals surface area contributed by atoms with Crippen LogP contribution in [0.2, 0.25) is 0 Å². The second-order valence-electron chi connectivity index (χ2n) is 8.81. The van der Waals surface area contributed by atoms with Crippen molar-refractivity contribution in [2.24, 2.45) is 11.8 Å². The molecule has 2 nitrogen and oxygen atoms in total. The van der Waals surface area contributed by atoms with Crippen molar-refractivity contribution >= 4 is 5.97 Å². The summed E-state index contributed by atoms with van der Waals surface area (Å²) in [4.78, 5) is 12.4. The molecule has 29 heavy (non-hydrogen) atoms. The largest absolute Gasteiger partial charge is 0.462 e. The molecule has 0 saturated carbocycles. The summed E-state index contributed by atoms with van der Waals surface area (Å²) in [6, 6.07) is 9.39. The maximum atomic E-state index is 12.4. The van der Waals surface area contributed by atoms with Crippen LogP contribution in [0, 0.1) is 11.8 Å². The van der Waals surface area contributed by atoms with Gasteiger partial charge in [0.1, 0.15) is 0 Å². The Morgan fingerprint density at radius 2 is 1.28 bits per heavy atom. The van der Waals surface area contributed by atoms with Crippen molar-refractivity contribution in [2.75, 3.05) is 6.61 Å². The Balaban J connectivity index is 2.38. The molecule has 0 aliphatic heterocycles. The molecule has 0 aliphatic rings. The lowest BCUT2D eigenvalue weighted by atomic mass is 9.85. The minimum Gasteiger partial charge on any atom is -0.462 e. The minimum absolute atomic E-state index is 0.176. The van der Waals surface area contributed by atoms with Gasteiger partial charge in [-0.1, -0.05) is 122 Å². The summed E-state index contributed by atoms with van der Waals surface area (Å²) in [5, 5.41) is 0. The van der Waals surface area contributed by atoms with Gasteiger partial charge in [0.25, 0.3) is 0 Å². The Kier molecular flexibility index (Phi) is 15.6. The summed E-state index contributed by atoms with van der Waals surface area (Å²) in [6.45, 7) is 7.46. The average Bonchev–Trinajstić information content (AvgIpc) is 2.75. The number of hydrogen-bond acceptors (Lipinski definition) is 2. The van der Waals surface area contributed by atoms with Crippen LogP contribution >= 0.6 is 0 Å². The second-order valence-corrected chi connectivity index (χ2v) is 8.81. The van der Waals surface area contributed by atoms with Gasteiger partial charge in [-0.2, -0.15) is 0 Å². The Morgan fingerprint density at radius 3 is 1.90 bits per heavy atom. The van der Waals surface area contributed by atoms with Gasteiger partial charge in [0.15, 0.2) is 0 Å². The minimum atomic E-state index is -0.176. The fourth-order valence-corrected chi connectivity index (χ4v) is 4.04. The van der Waals surface area contributed by atoms with Gasteiger partial charge in [0.05, 0.1) is 12.2 Å². The van der Waals surface area contributed by atoms with Crippen molar-refractivity contribution < 1.29 is 9.53 Å². The molecular formula is C27H46O2. The molecule has 0 radical (unpaired) electrons. The molecule has 0 N–H and O–H groups in total. The highest BCUT2D eigenvalue weighted by Gasteiger charge is 2.19. The first kappa shape index (κ1) is 25.7. The molecule has 1 rings (SSSR count). The lowest BCUT2D eigenvalue weighted by Gasteiger charge is -2.24. The third kappa shape index (κ3) is 12.8. The number of ether oxygens (including phenoxy) is 1. The van der Waals surface area contributed by atoms with Crippen LogP contribution in [0.15, 0.2) is 30.3 Å². The van der Waals surface area contributed by atoms with Crippen LogP contribution in [0.3, 0.4) is 0 Å². The van der Waals surface area contributed by atoms with Gasteiger partial charge in [-0.05, 0) is 30.4 Å².